The van der Waals surface area contributed by atoms with Crippen LogP contribution in [0.4, 0.5) is 0 Å². The molecule has 3 N–H and O–H groups in total. The van der Waals surface area contributed by atoms with Crippen LogP contribution in [-0.2, 0) is 11.3 Å². The number of aromatic amines is 1. The van der Waals surface area contributed by atoms with Crippen LogP contribution in [0.5, 0.6) is 0 Å². The molecular formula is C15H19N3O2. The molecule has 1 aromatic carbocycles. The second-order valence-electron chi connectivity index (χ2n) is 4.59. The summed E-state index contributed by atoms with van der Waals surface area (Å²) in [5.41, 5.74) is 1.43. The number of aromatic nitrogens is 1. The summed E-state index contributed by atoms with van der Waals surface area (Å²) in [6, 6.07) is 9.55. The van der Waals surface area contributed by atoms with Gasteiger partial charge in [0.25, 0.3) is 5.56 Å². The van der Waals surface area contributed by atoms with Crippen molar-refractivity contribution in [1.29, 1.82) is 0 Å². The lowest BCUT2D eigenvalue weighted by Crippen LogP contribution is -2.28. The van der Waals surface area contributed by atoms with Crippen molar-refractivity contribution >= 4 is 16.8 Å². The molecule has 2 rings (SSSR count). The Morgan fingerprint density at radius 2 is 2.10 bits per heavy atom. The Morgan fingerprint density at radius 1 is 1.30 bits per heavy atom. The highest BCUT2D eigenvalue weighted by molar-refractivity contribution is 5.78. The van der Waals surface area contributed by atoms with Crippen LogP contribution in [0, 0.1) is 0 Å². The maximum absolute atomic E-state index is 11.9. The van der Waals surface area contributed by atoms with Crippen molar-refractivity contribution in [3.05, 3.63) is 46.2 Å². The fourth-order valence-electron chi connectivity index (χ4n) is 2.03. The van der Waals surface area contributed by atoms with Crippen LogP contribution in [-0.4, -0.2) is 24.0 Å². The molecule has 2 aromatic rings. The van der Waals surface area contributed by atoms with E-state index in [1.54, 1.807) is 0 Å². The van der Waals surface area contributed by atoms with Gasteiger partial charge in [0.1, 0.15) is 0 Å². The Hall–Kier alpha value is -2.14. The molecule has 0 unspecified atom stereocenters. The van der Waals surface area contributed by atoms with E-state index in [0.717, 1.165) is 10.9 Å². The number of amides is 1. The van der Waals surface area contributed by atoms with E-state index in [0.29, 0.717) is 31.6 Å². The smallest absolute Gasteiger partial charge is 0.252 e. The highest BCUT2D eigenvalue weighted by atomic mass is 16.1. The van der Waals surface area contributed by atoms with Crippen LogP contribution < -0.4 is 16.2 Å². The van der Waals surface area contributed by atoms with Gasteiger partial charge in [-0.25, -0.2) is 0 Å². The van der Waals surface area contributed by atoms with Crippen LogP contribution in [0.15, 0.2) is 35.1 Å². The highest BCUT2D eigenvalue weighted by Crippen LogP contribution is 2.09. The minimum Gasteiger partial charge on any atom is -0.356 e. The van der Waals surface area contributed by atoms with Crippen LogP contribution in [0.2, 0.25) is 0 Å². The van der Waals surface area contributed by atoms with E-state index in [9.17, 15) is 9.59 Å². The summed E-state index contributed by atoms with van der Waals surface area (Å²) < 4.78 is 0. The van der Waals surface area contributed by atoms with Gasteiger partial charge in [-0.2, -0.15) is 0 Å². The van der Waals surface area contributed by atoms with Gasteiger partial charge in [0.2, 0.25) is 5.91 Å². The van der Waals surface area contributed by atoms with Crippen molar-refractivity contribution in [2.75, 3.05) is 13.1 Å². The molecule has 106 valence electrons. The summed E-state index contributed by atoms with van der Waals surface area (Å²) in [7, 11) is 0. The molecule has 5 nitrogen and oxygen atoms in total. The molecule has 0 aliphatic heterocycles. The Morgan fingerprint density at radius 3 is 2.90 bits per heavy atom. The van der Waals surface area contributed by atoms with Gasteiger partial charge in [-0.05, 0) is 24.4 Å². The number of para-hydroxylation sites is 1. The Bertz CT molecular complexity index is 649. The SMILES string of the molecule is CCNC(=O)CCNCc1cc2ccccc2[nH]c1=O. The molecule has 0 atom stereocenters. The standard InChI is InChI=1S/C15H19N3O2/c1-2-17-14(19)7-8-16-10-12-9-11-5-3-4-6-13(11)18-15(12)20/h3-6,9,16H,2,7-8,10H2,1H3,(H,17,19)(H,18,20). The number of rotatable bonds is 6. The number of carbonyl (C=O) groups is 1. The minimum atomic E-state index is -0.0887. The number of hydrogen-bond donors (Lipinski definition) is 3. The third kappa shape index (κ3) is 3.68. The fraction of sp³-hybridized carbons (Fsp3) is 0.333. The third-order valence-corrected chi connectivity index (χ3v) is 3.05. The summed E-state index contributed by atoms with van der Waals surface area (Å²) in [4.78, 5) is 26.0. The summed E-state index contributed by atoms with van der Waals surface area (Å²) in [6.45, 7) is 3.54. The zero-order valence-corrected chi connectivity index (χ0v) is 11.5. The highest BCUT2D eigenvalue weighted by Gasteiger charge is 2.03. The lowest BCUT2D eigenvalue weighted by Gasteiger charge is -2.06. The van der Waals surface area contributed by atoms with E-state index < -0.39 is 0 Å². The summed E-state index contributed by atoms with van der Waals surface area (Å²) >= 11 is 0. The van der Waals surface area contributed by atoms with E-state index in [1.165, 1.54) is 0 Å². The summed E-state index contributed by atoms with van der Waals surface area (Å²) in [5, 5.41) is 6.86. The molecular weight excluding hydrogens is 254 g/mol. The van der Waals surface area contributed by atoms with Gasteiger partial charge >= 0.3 is 0 Å². The number of fused-ring (bicyclic) bond motifs is 1. The maximum Gasteiger partial charge on any atom is 0.252 e. The Kier molecular flexibility index (Phi) is 4.90. The molecule has 5 heteroatoms. The van der Waals surface area contributed by atoms with Crippen molar-refractivity contribution in [2.24, 2.45) is 0 Å². The van der Waals surface area contributed by atoms with Crippen LogP contribution in [0.3, 0.4) is 0 Å². The first-order valence-corrected chi connectivity index (χ1v) is 6.79. The zero-order valence-electron chi connectivity index (χ0n) is 11.5. The Balaban J connectivity index is 1.94. The van der Waals surface area contributed by atoms with Gasteiger partial charge in [0.05, 0.1) is 0 Å². The first kappa shape index (κ1) is 14.3. The minimum absolute atomic E-state index is 0.0208. The van der Waals surface area contributed by atoms with Gasteiger partial charge in [-0.3, -0.25) is 9.59 Å². The van der Waals surface area contributed by atoms with Crippen molar-refractivity contribution in [3.8, 4) is 0 Å². The van der Waals surface area contributed by atoms with E-state index in [-0.39, 0.29) is 11.5 Å². The van der Waals surface area contributed by atoms with Crippen LogP contribution in [0.25, 0.3) is 10.9 Å². The topological polar surface area (TPSA) is 74.0 Å². The average molecular weight is 273 g/mol. The predicted molar refractivity (Wildman–Crippen MR) is 79.6 cm³/mol. The van der Waals surface area contributed by atoms with Gasteiger partial charge in [0.15, 0.2) is 0 Å². The van der Waals surface area contributed by atoms with E-state index in [1.807, 2.05) is 37.3 Å². The first-order valence-electron chi connectivity index (χ1n) is 6.79. The first-order chi connectivity index (χ1) is 9.70. The zero-order chi connectivity index (χ0) is 14.4. The van der Waals surface area contributed by atoms with Gasteiger partial charge in [-0.1, -0.05) is 18.2 Å². The molecule has 20 heavy (non-hydrogen) atoms. The Labute approximate surface area is 117 Å². The van der Waals surface area contributed by atoms with Crippen LogP contribution >= 0.6 is 0 Å². The lowest BCUT2D eigenvalue weighted by atomic mass is 10.1. The predicted octanol–water partition coefficient (Wildman–Crippen LogP) is 1.14. The molecule has 0 bridgehead atoms. The molecule has 0 aliphatic carbocycles. The number of nitrogens with one attached hydrogen (secondary N) is 3. The summed E-state index contributed by atoms with van der Waals surface area (Å²) in [6.07, 6.45) is 0.416. The number of pyridine rings is 1. The maximum atomic E-state index is 11.9. The van der Waals surface area contributed by atoms with E-state index >= 15 is 0 Å². The third-order valence-electron chi connectivity index (χ3n) is 3.05. The van der Waals surface area contributed by atoms with Gasteiger partial charge < -0.3 is 15.6 Å². The normalized spacial score (nSPS) is 10.7. The van der Waals surface area contributed by atoms with Crippen LogP contribution in [0.1, 0.15) is 18.9 Å². The molecule has 0 fully saturated rings. The second-order valence-corrected chi connectivity index (χ2v) is 4.59. The van der Waals surface area contributed by atoms with Crippen molar-refractivity contribution in [2.45, 2.75) is 19.9 Å². The molecule has 0 aliphatic rings. The monoisotopic (exact) mass is 273 g/mol. The average Bonchev–Trinajstić information content (AvgIpc) is 2.44. The van der Waals surface area contributed by atoms with Crippen molar-refractivity contribution < 1.29 is 4.79 Å². The molecule has 1 amide bonds. The molecule has 1 heterocycles. The van der Waals surface area contributed by atoms with E-state index in [4.69, 9.17) is 0 Å². The largest absolute Gasteiger partial charge is 0.356 e. The fourth-order valence-corrected chi connectivity index (χ4v) is 2.03. The summed E-state index contributed by atoms with van der Waals surface area (Å²) in [5.74, 6) is 0.0208. The molecule has 0 spiro atoms. The van der Waals surface area contributed by atoms with Crippen molar-refractivity contribution in [1.82, 2.24) is 15.6 Å². The van der Waals surface area contributed by atoms with Gasteiger partial charge in [0, 0.05) is 37.1 Å². The number of hydrogen-bond acceptors (Lipinski definition) is 3. The molecule has 0 saturated heterocycles. The number of H-pyrrole nitrogens is 1. The molecule has 1 aromatic heterocycles. The number of carbonyl (C=O) groups excluding carboxylic acids is 1. The van der Waals surface area contributed by atoms with Crippen molar-refractivity contribution in [3.63, 3.8) is 0 Å². The molecule has 0 radical (unpaired) electrons. The quantitative estimate of drug-likeness (QED) is 0.691. The van der Waals surface area contributed by atoms with E-state index in [2.05, 4.69) is 15.6 Å². The molecule has 0 saturated carbocycles. The number of benzene rings is 1. The lowest BCUT2D eigenvalue weighted by molar-refractivity contribution is -0.120. The second kappa shape index (κ2) is 6.86. The van der Waals surface area contributed by atoms with Gasteiger partial charge in [-0.15, -0.1) is 0 Å².